The summed E-state index contributed by atoms with van der Waals surface area (Å²) in [7, 11) is 0. The predicted molar refractivity (Wildman–Crippen MR) is 31.8 cm³/mol. The number of alkyl halides is 1. The van der Waals surface area contributed by atoms with Gasteiger partial charge in [0.25, 0.3) is 0 Å². The molecule has 4 heteroatoms. The van der Waals surface area contributed by atoms with E-state index in [0.717, 1.165) is 6.61 Å². The van der Waals surface area contributed by atoms with Crippen LogP contribution in [-0.2, 0) is 4.74 Å². The molecule has 0 spiro atoms. The summed E-state index contributed by atoms with van der Waals surface area (Å²) in [5.41, 5.74) is -1.57. The standard InChI is InChI=1S/C6H10FO3/c1-6(9)4(7)3-10-5(6)2-8/h3-5,8-9H,2H2,1H3/t4-,5+,6-/m0/s1. The zero-order valence-corrected chi connectivity index (χ0v) is 5.62. The minimum atomic E-state index is -1.57. The van der Waals surface area contributed by atoms with Crippen molar-refractivity contribution in [3.05, 3.63) is 6.61 Å². The van der Waals surface area contributed by atoms with Crippen LogP contribution in [0.5, 0.6) is 0 Å². The first-order valence-corrected chi connectivity index (χ1v) is 3.05. The van der Waals surface area contributed by atoms with Crippen LogP contribution in [0.1, 0.15) is 6.92 Å². The first-order chi connectivity index (χ1) is 4.59. The number of hydrogen-bond donors (Lipinski definition) is 2. The molecule has 0 aromatic rings. The van der Waals surface area contributed by atoms with Gasteiger partial charge in [-0.3, -0.25) is 0 Å². The smallest absolute Gasteiger partial charge is 0.160 e. The molecule has 0 aliphatic carbocycles. The average molecular weight is 149 g/mol. The van der Waals surface area contributed by atoms with Gasteiger partial charge in [-0.2, -0.15) is 0 Å². The lowest BCUT2D eigenvalue weighted by atomic mass is 9.97. The van der Waals surface area contributed by atoms with Crippen molar-refractivity contribution < 1.29 is 19.3 Å². The molecule has 1 aliphatic heterocycles. The summed E-state index contributed by atoms with van der Waals surface area (Å²) in [5, 5.41) is 17.8. The lowest BCUT2D eigenvalue weighted by Gasteiger charge is -2.23. The van der Waals surface area contributed by atoms with E-state index in [2.05, 4.69) is 4.74 Å². The van der Waals surface area contributed by atoms with Gasteiger partial charge in [0, 0.05) is 0 Å². The second-order valence-electron chi connectivity index (χ2n) is 2.57. The zero-order valence-electron chi connectivity index (χ0n) is 5.62. The van der Waals surface area contributed by atoms with Gasteiger partial charge >= 0.3 is 0 Å². The van der Waals surface area contributed by atoms with Gasteiger partial charge in [0.1, 0.15) is 18.3 Å². The Morgan fingerprint density at radius 3 is 2.60 bits per heavy atom. The van der Waals surface area contributed by atoms with Crippen molar-refractivity contribution >= 4 is 0 Å². The van der Waals surface area contributed by atoms with E-state index >= 15 is 0 Å². The highest BCUT2D eigenvalue weighted by atomic mass is 19.1. The molecule has 3 nitrogen and oxygen atoms in total. The van der Waals surface area contributed by atoms with E-state index in [1.54, 1.807) is 0 Å². The number of rotatable bonds is 1. The van der Waals surface area contributed by atoms with Crippen LogP contribution >= 0.6 is 0 Å². The van der Waals surface area contributed by atoms with Crippen LogP contribution in [0.2, 0.25) is 0 Å². The quantitative estimate of drug-likeness (QED) is 0.534. The molecule has 59 valence electrons. The molecule has 0 unspecified atom stereocenters. The van der Waals surface area contributed by atoms with Gasteiger partial charge in [0.15, 0.2) is 6.17 Å². The molecule has 0 aromatic heterocycles. The molecule has 0 amide bonds. The summed E-state index contributed by atoms with van der Waals surface area (Å²) >= 11 is 0. The third-order valence-corrected chi connectivity index (χ3v) is 1.74. The first-order valence-electron chi connectivity index (χ1n) is 3.05. The second-order valence-corrected chi connectivity index (χ2v) is 2.57. The number of halogens is 1. The van der Waals surface area contributed by atoms with E-state index in [1.807, 2.05) is 0 Å². The Morgan fingerprint density at radius 1 is 1.80 bits per heavy atom. The molecule has 2 N–H and O–H groups in total. The third-order valence-electron chi connectivity index (χ3n) is 1.74. The highest BCUT2D eigenvalue weighted by molar-refractivity contribution is 5.00. The molecule has 1 rings (SSSR count). The van der Waals surface area contributed by atoms with E-state index < -0.39 is 17.9 Å². The van der Waals surface area contributed by atoms with Crippen molar-refractivity contribution in [1.82, 2.24) is 0 Å². The summed E-state index contributed by atoms with van der Waals surface area (Å²) in [6.07, 6.45) is -2.34. The van der Waals surface area contributed by atoms with Crippen LogP contribution in [0.3, 0.4) is 0 Å². The van der Waals surface area contributed by atoms with E-state index in [0.29, 0.717) is 0 Å². The topological polar surface area (TPSA) is 49.7 Å². The maximum Gasteiger partial charge on any atom is 0.160 e. The van der Waals surface area contributed by atoms with E-state index in [1.165, 1.54) is 6.92 Å². The molecule has 1 saturated heterocycles. The Morgan fingerprint density at radius 2 is 2.40 bits per heavy atom. The third kappa shape index (κ3) is 1.02. The maximum absolute atomic E-state index is 12.6. The number of aliphatic hydroxyl groups excluding tert-OH is 1. The minimum Gasteiger partial charge on any atom is -0.394 e. The molecule has 1 heterocycles. The molecule has 10 heavy (non-hydrogen) atoms. The highest BCUT2D eigenvalue weighted by Crippen LogP contribution is 2.30. The van der Waals surface area contributed by atoms with E-state index in [9.17, 15) is 9.50 Å². The Hall–Kier alpha value is -0.190. The van der Waals surface area contributed by atoms with Crippen LogP contribution in [0.25, 0.3) is 0 Å². The molecular formula is C6H10FO3. The fraction of sp³-hybridized carbons (Fsp3) is 0.833. The lowest BCUT2D eigenvalue weighted by molar-refractivity contribution is -0.0630. The lowest BCUT2D eigenvalue weighted by Crippen LogP contribution is -2.43. The van der Waals surface area contributed by atoms with Gasteiger partial charge < -0.3 is 14.9 Å². The molecule has 1 fully saturated rings. The summed E-state index contributed by atoms with van der Waals surface area (Å²) in [4.78, 5) is 0. The molecule has 1 radical (unpaired) electrons. The predicted octanol–water partition coefficient (Wildman–Crippen LogP) is -0.372. The van der Waals surface area contributed by atoms with Gasteiger partial charge in [-0.25, -0.2) is 4.39 Å². The highest BCUT2D eigenvalue weighted by Gasteiger charge is 2.47. The molecular weight excluding hydrogens is 139 g/mol. The van der Waals surface area contributed by atoms with Crippen molar-refractivity contribution in [1.29, 1.82) is 0 Å². The number of hydrogen-bond acceptors (Lipinski definition) is 3. The normalized spacial score (nSPS) is 48.0. The molecule has 3 atom stereocenters. The van der Waals surface area contributed by atoms with Crippen LogP contribution in [0, 0.1) is 6.61 Å². The first kappa shape index (κ1) is 7.91. The Bertz CT molecular complexity index is 126. The zero-order chi connectivity index (χ0) is 7.78. The Kier molecular flexibility index (Phi) is 1.94. The van der Waals surface area contributed by atoms with Crippen LogP contribution in [0.15, 0.2) is 0 Å². The number of aliphatic hydroxyl groups is 2. The Labute approximate surface area is 58.4 Å². The van der Waals surface area contributed by atoms with Gasteiger partial charge in [-0.05, 0) is 6.92 Å². The van der Waals surface area contributed by atoms with Crippen molar-refractivity contribution in [3.63, 3.8) is 0 Å². The molecule has 0 saturated carbocycles. The van der Waals surface area contributed by atoms with Crippen LogP contribution in [-0.4, -0.2) is 34.7 Å². The Balaban J connectivity index is 2.64. The average Bonchev–Trinajstić information content (AvgIpc) is 2.10. The van der Waals surface area contributed by atoms with E-state index in [4.69, 9.17) is 5.11 Å². The van der Waals surface area contributed by atoms with Crippen molar-refractivity contribution in [2.45, 2.75) is 24.8 Å². The minimum absolute atomic E-state index is 0.371. The number of ether oxygens (including phenoxy) is 1. The molecule has 0 bridgehead atoms. The molecule has 0 aromatic carbocycles. The maximum atomic E-state index is 12.6. The summed E-state index contributed by atoms with van der Waals surface area (Å²) in [6, 6.07) is 0. The largest absolute Gasteiger partial charge is 0.394 e. The van der Waals surface area contributed by atoms with Gasteiger partial charge in [0.2, 0.25) is 0 Å². The van der Waals surface area contributed by atoms with Crippen molar-refractivity contribution in [2.75, 3.05) is 6.61 Å². The summed E-state index contributed by atoms with van der Waals surface area (Å²) in [5.74, 6) is 0. The van der Waals surface area contributed by atoms with Gasteiger partial charge in [0.05, 0.1) is 6.61 Å². The van der Waals surface area contributed by atoms with Gasteiger partial charge in [-0.1, -0.05) is 0 Å². The summed E-state index contributed by atoms with van der Waals surface area (Å²) < 4.78 is 17.2. The van der Waals surface area contributed by atoms with Crippen molar-refractivity contribution in [2.24, 2.45) is 0 Å². The summed E-state index contributed by atoms with van der Waals surface area (Å²) in [6.45, 7) is 1.83. The van der Waals surface area contributed by atoms with Gasteiger partial charge in [-0.15, -0.1) is 0 Å². The van der Waals surface area contributed by atoms with Crippen molar-refractivity contribution in [3.8, 4) is 0 Å². The van der Waals surface area contributed by atoms with Crippen LogP contribution in [0.4, 0.5) is 4.39 Å². The van der Waals surface area contributed by atoms with E-state index in [-0.39, 0.29) is 6.61 Å². The molecule has 1 aliphatic rings. The fourth-order valence-corrected chi connectivity index (χ4v) is 0.845. The monoisotopic (exact) mass is 149 g/mol. The second kappa shape index (κ2) is 2.45. The van der Waals surface area contributed by atoms with Crippen LogP contribution < -0.4 is 0 Å². The fourth-order valence-electron chi connectivity index (χ4n) is 0.845. The SMILES string of the molecule is C[C@]1(O)[C@@H](F)[CH]O[C@@H]1CO.